The van der Waals surface area contributed by atoms with Crippen molar-refractivity contribution in [3.05, 3.63) is 80.0 Å². The van der Waals surface area contributed by atoms with Gasteiger partial charge in [0.15, 0.2) is 0 Å². The van der Waals surface area contributed by atoms with Crippen LogP contribution >= 0.6 is 46.4 Å². The van der Waals surface area contributed by atoms with E-state index in [1.807, 2.05) is 67.6 Å². The lowest BCUT2D eigenvalue weighted by molar-refractivity contribution is 0.0298. The first-order chi connectivity index (χ1) is 28.7. The van der Waals surface area contributed by atoms with Gasteiger partial charge in [-0.05, 0) is 95.4 Å². The Morgan fingerprint density at radius 3 is 1.48 bits per heavy atom. The Morgan fingerprint density at radius 2 is 1.08 bits per heavy atom. The highest BCUT2D eigenvalue weighted by Crippen LogP contribution is 2.27. The molecule has 61 heavy (non-hydrogen) atoms. The lowest BCUT2D eigenvalue weighted by Crippen LogP contribution is -2.35. The molecular weight excluding hydrogens is 866 g/mol. The molecule has 0 aliphatic heterocycles. The average molecular weight is 923 g/mol. The van der Waals surface area contributed by atoms with Crippen LogP contribution in [-0.4, -0.2) is 88.9 Å². The Morgan fingerprint density at radius 1 is 0.639 bits per heavy atom. The lowest BCUT2D eigenvalue weighted by atomic mass is 10.1. The van der Waals surface area contributed by atoms with Crippen LogP contribution in [0, 0.1) is 0 Å². The second kappa shape index (κ2) is 24.5. The highest BCUT2D eigenvalue weighted by molar-refractivity contribution is 6.42. The van der Waals surface area contributed by atoms with E-state index < -0.39 is 17.7 Å². The molecule has 332 valence electrons. The van der Waals surface area contributed by atoms with E-state index in [1.54, 1.807) is 43.4 Å². The van der Waals surface area contributed by atoms with Gasteiger partial charge in [0, 0.05) is 50.2 Å². The smallest absolute Gasteiger partial charge is 0.410 e. The molecule has 0 unspecified atom stereocenters. The zero-order valence-electron chi connectivity index (χ0n) is 35.9. The Bertz CT molecular complexity index is 2090. The maximum Gasteiger partial charge on any atom is 0.410 e. The zero-order valence-corrected chi connectivity index (χ0v) is 38.9. The van der Waals surface area contributed by atoms with Gasteiger partial charge in [-0.25, -0.2) is 24.4 Å². The molecule has 5 amide bonds. The summed E-state index contributed by atoms with van der Waals surface area (Å²) in [4.78, 5) is 55.9. The molecule has 16 nitrogen and oxygen atoms in total. The third-order valence-electron chi connectivity index (χ3n) is 8.07. The number of carbonyl (C=O) groups excluding carboxylic acids is 3. The normalized spacial score (nSPS) is 11.0. The molecule has 20 heteroatoms. The van der Waals surface area contributed by atoms with E-state index in [0.29, 0.717) is 62.6 Å². The summed E-state index contributed by atoms with van der Waals surface area (Å²) in [6.07, 6.45) is 1.27. The fourth-order valence-corrected chi connectivity index (χ4v) is 5.53. The minimum atomic E-state index is -0.534. The Hall–Kier alpha value is -4.87. The number of rotatable bonds is 16. The van der Waals surface area contributed by atoms with Gasteiger partial charge in [-0.2, -0.15) is 9.97 Å². The summed E-state index contributed by atoms with van der Waals surface area (Å²) >= 11 is 23.7. The van der Waals surface area contributed by atoms with Gasteiger partial charge in [-0.15, -0.1) is 0 Å². The van der Waals surface area contributed by atoms with Crippen LogP contribution in [0.1, 0.15) is 84.5 Å². The molecule has 0 spiro atoms. The molecule has 0 aliphatic rings. The number of benzene rings is 2. The molecule has 0 atom stereocenters. The van der Waals surface area contributed by atoms with Gasteiger partial charge in [0.25, 0.3) is 0 Å². The minimum absolute atomic E-state index is 0.125. The fraction of sp³-hybridized carbons (Fsp3) is 0.439. The lowest BCUT2D eigenvalue weighted by Gasteiger charge is -2.24. The topological polar surface area (TPSA) is 199 Å². The number of anilines is 6. The van der Waals surface area contributed by atoms with E-state index in [9.17, 15) is 14.4 Å². The predicted molar refractivity (Wildman–Crippen MR) is 249 cm³/mol. The fourth-order valence-electron chi connectivity index (χ4n) is 4.94. The molecule has 2 aromatic carbocycles. The molecule has 7 N–H and O–H groups in total. The summed E-state index contributed by atoms with van der Waals surface area (Å²) < 4.78 is 5.35. The molecule has 0 radical (unpaired) electrons. The standard InChI is InChI=1S/C23H32Cl2N6O3.C18H24Cl2N6O/c1-14(2)18-13-19(26-10-7-11-31(6)22(33)34-23(3,4)5)29-20(28-18)30-21(32)27-15-8-9-16(24)17(25)12-15;1-11(2)15-10-16(22-8-4-7-21-3)25-17(24-15)26-18(27)23-12-5-6-13(19)14(20)9-12/h8-9,12-14H,7,10-11H2,1-6H3,(H3,26,27,28,29,30,32);5-6,9-11,21H,4,7-8H2,1-3H3,(H3,22,23,24,25,26,27). The largest absolute Gasteiger partial charge is 0.444 e. The van der Waals surface area contributed by atoms with Crippen molar-refractivity contribution in [1.82, 2.24) is 30.2 Å². The molecule has 0 fully saturated rings. The van der Waals surface area contributed by atoms with Crippen LogP contribution < -0.4 is 37.2 Å². The number of ether oxygens (including phenoxy) is 1. The summed E-state index contributed by atoms with van der Waals surface area (Å²) in [5.74, 6) is 1.97. The van der Waals surface area contributed by atoms with Crippen LogP contribution in [0.2, 0.25) is 20.1 Å². The predicted octanol–water partition coefficient (Wildman–Crippen LogP) is 10.8. The third kappa shape index (κ3) is 18.7. The molecular formula is C41H56Cl4N12O4. The van der Waals surface area contributed by atoms with Crippen molar-refractivity contribution in [3.8, 4) is 0 Å². The average Bonchev–Trinajstić information content (AvgIpc) is 3.17. The number of nitrogens with one attached hydrogen (secondary N) is 7. The summed E-state index contributed by atoms with van der Waals surface area (Å²) in [6, 6.07) is 12.4. The van der Waals surface area contributed by atoms with Crippen LogP contribution in [0.15, 0.2) is 48.5 Å². The number of hydrogen-bond acceptors (Lipinski definition) is 11. The van der Waals surface area contributed by atoms with Gasteiger partial charge >= 0.3 is 18.2 Å². The van der Waals surface area contributed by atoms with E-state index >= 15 is 0 Å². The summed E-state index contributed by atoms with van der Waals surface area (Å²) in [5.41, 5.74) is 2.08. The van der Waals surface area contributed by atoms with Crippen molar-refractivity contribution < 1.29 is 19.1 Å². The van der Waals surface area contributed by atoms with Gasteiger partial charge in [-0.3, -0.25) is 10.6 Å². The molecule has 0 aliphatic carbocycles. The van der Waals surface area contributed by atoms with Gasteiger partial charge in [0.2, 0.25) is 11.9 Å². The second-order valence-electron chi connectivity index (χ2n) is 15.3. The van der Waals surface area contributed by atoms with E-state index in [0.717, 1.165) is 30.9 Å². The second-order valence-corrected chi connectivity index (χ2v) is 16.9. The molecule has 0 saturated carbocycles. The molecule has 0 saturated heterocycles. The van der Waals surface area contributed by atoms with Gasteiger partial charge < -0.3 is 36.2 Å². The first kappa shape index (κ1) is 50.5. The zero-order chi connectivity index (χ0) is 45.3. The third-order valence-corrected chi connectivity index (χ3v) is 9.55. The van der Waals surface area contributed by atoms with Crippen LogP contribution in [0.5, 0.6) is 0 Å². The molecule has 4 rings (SSSR count). The van der Waals surface area contributed by atoms with E-state index in [-0.39, 0.29) is 29.8 Å². The number of amides is 5. The van der Waals surface area contributed by atoms with Crippen LogP contribution in [-0.2, 0) is 4.74 Å². The first-order valence-electron chi connectivity index (χ1n) is 19.6. The van der Waals surface area contributed by atoms with Crippen molar-refractivity contribution >= 4 is 99.5 Å². The van der Waals surface area contributed by atoms with E-state index in [4.69, 9.17) is 51.1 Å². The van der Waals surface area contributed by atoms with Crippen LogP contribution in [0.3, 0.4) is 0 Å². The summed E-state index contributed by atoms with van der Waals surface area (Å²) in [6.45, 7) is 16.3. The van der Waals surface area contributed by atoms with Gasteiger partial charge in [0.05, 0.1) is 31.5 Å². The van der Waals surface area contributed by atoms with Crippen molar-refractivity contribution in [2.75, 3.05) is 72.2 Å². The monoisotopic (exact) mass is 920 g/mol. The number of hydrogen-bond donors (Lipinski definition) is 7. The maximum absolute atomic E-state index is 12.4. The van der Waals surface area contributed by atoms with Crippen molar-refractivity contribution in [2.24, 2.45) is 0 Å². The highest BCUT2D eigenvalue weighted by Gasteiger charge is 2.19. The SMILES string of the molecule is CC(C)c1cc(NCCCN(C)C(=O)OC(C)(C)C)nc(NC(=O)Nc2ccc(Cl)c(Cl)c2)n1.CNCCCNc1cc(C(C)C)nc(NC(=O)Nc2ccc(Cl)c(Cl)c2)n1. The highest BCUT2D eigenvalue weighted by atomic mass is 35.5. The summed E-state index contributed by atoms with van der Waals surface area (Å²) in [5, 5.41) is 21.8. The van der Waals surface area contributed by atoms with Crippen LogP contribution in [0.25, 0.3) is 0 Å². The van der Waals surface area contributed by atoms with Crippen molar-refractivity contribution in [2.45, 2.75) is 78.7 Å². The molecule has 0 bridgehead atoms. The molecule has 2 aromatic heterocycles. The number of urea groups is 2. The summed E-state index contributed by atoms with van der Waals surface area (Å²) in [7, 11) is 3.61. The number of carbonyl (C=O) groups is 3. The number of nitrogens with zero attached hydrogens (tertiary/aromatic N) is 5. The Labute approximate surface area is 378 Å². The van der Waals surface area contributed by atoms with Gasteiger partial charge in [-0.1, -0.05) is 74.1 Å². The van der Waals surface area contributed by atoms with Crippen LogP contribution in [0.4, 0.5) is 49.3 Å². The van der Waals surface area contributed by atoms with E-state index in [1.165, 1.54) is 4.90 Å². The minimum Gasteiger partial charge on any atom is -0.444 e. The Kier molecular flexibility index (Phi) is 20.3. The molecule has 4 aromatic rings. The quantitative estimate of drug-likeness (QED) is 0.0528. The number of aromatic nitrogens is 4. The maximum atomic E-state index is 12.4. The molecule has 2 heterocycles. The number of halogens is 4. The van der Waals surface area contributed by atoms with Crippen molar-refractivity contribution in [3.63, 3.8) is 0 Å². The van der Waals surface area contributed by atoms with Crippen molar-refractivity contribution in [1.29, 1.82) is 0 Å². The van der Waals surface area contributed by atoms with Gasteiger partial charge in [0.1, 0.15) is 17.2 Å². The van der Waals surface area contributed by atoms with E-state index in [2.05, 4.69) is 57.2 Å². The first-order valence-corrected chi connectivity index (χ1v) is 21.1. The Balaban J connectivity index is 0.000000334.